The molecule has 0 bridgehead atoms. The number of aryl methyl sites for hydroxylation is 2. The summed E-state index contributed by atoms with van der Waals surface area (Å²) in [5.41, 5.74) is 4.98. The van der Waals surface area contributed by atoms with Gasteiger partial charge in [-0.1, -0.05) is 35.3 Å². The second kappa shape index (κ2) is 12.1. The number of nitrogens with two attached hydrogens (primary N) is 1. The summed E-state index contributed by atoms with van der Waals surface area (Å²) in [7, 11) is 0. The van der Waals surface area contributed by atoms with Crippen LogP contribution in [0.5, 0.6) is 5.75 Å². The van der Waals surface area contributed by atoms with Gasteiger partial charge in [-0.3, -0.25) is 0 Å². The Bertz CT molecular complexity index is 846. The average Bonchev–Trinajstić information content (AvgIpc) is 2.71. The Kier molecular flexibility index (Phi) is 10.9. The predicted octanol–water partition coefficient (Wildman–Crippen LogP) is 5.06. The van der Waals surface area contributed by atoms with Gasteiger partial charge >= 0.3 is 6.18 Å². The topological polar surface area (TPSA) is 75.7 Å². The number of benzene rings is 2. The van der Waals surface area contributed by atoms with Crippen LogP contribution < -0.4 is 10.5 Å². The summed E-state index contributed by atoms with van der Waals surface area (Å²) in [6.45, 7) is -0.824. The van der Waals surface area contributed by atoms with Gasteiger partial charge < -0.3 is 20.7 Å². The molecule has 4 nitrogen and oxygen atoms in total. The highest BCUT2D eigenvalue weighted by Crippen LogP contribution is 2.37. The third-order valence-electron chi connectivity index (χ3n) is 4.74. The molecule has 2 aromatic carbocycles. The van der Waals surface area contributed by atoms with Crippen LogP contribution in [-0.4, -0.2) is 35.6 Å². The van der Waals surface area contributed by atoms with E-state index in [0.717, 1.165) is 11.6 Å². The normalized spacial score (nSPS) is 11.9. The third kappa shape index (κ3) is 8.33. The Morgan fingerprint density at radius 2 is 1.52 bits per heavy atom. The van der Waals surface area contributed by atoms with E-state index in [1.807, 2.05) is 0 Å². The zero-order chi connectivity index (χ0) is 22.4. The van der Waals surface area contributed by atoms with Gasteiger partial charge in [0, 0.05) is 0 Å². The Balaban J connectivity index is 0.00000480. The second-order valence-electron chi connectivity index (χ2n) is 7.21. The van der Waals surface area contributed by atoms with Crippen LogP contribution in [0.3, 0.4) is 0 Å². The number of hydrogen-bond acceptors (Lipinski definition) is 4. The van der Waals surface area contributed by atoms with Crippen molar-refractivity contribution in [2.45, 2.75) is 37.4 Å². The SMILES string of the molecule is Cl.NC(CO)(CO)CCc1ccc(OCCCc2ccc(Cl)c(Cl)c2)c(C(F)(F)F)c1. The summed E-state index contributed by atoms with van der Waals surface area (Å²) in [6, 6.07) is 9.02. The standard InChI is InChI=1S/C21H24Cl2F3NO3.ClH/c22-17-5-3-14(11-18(17)23)2-1-9-30-19-6-4-15(10-16(19)21(24,25)26)7-8-20(27,12-28)13-29;/h3-6,10-11,28-29H,1-2,7-9,12-13,27H2;1H. The quantitative estimate of drug-likeness (QED) is 0.397. The summed E-state index contributed by atoms with van der Waals surface area (Å²) < 4.78 is 45.8. The fourth-order valence-corrected chi connectivity index (χ4v) is 3.16. The largest absolute Gasteiger partial charge is 0.493 e. The molecule has 2 aromatic rings. The number of hydrogen-bond donors (Lipinski definition) is 3. The number of alkyl halides is 3. The Hall–Kier alpha value is -1.22. The summed E-state index contributed by atoms with van der Waals surface area (Å²) in [5.74, 6) is -0.247. The lowest BCUT2D eigenvalue weighted by molar-refractivity contribution is -0.139. The Morgan fingerprint density at radius 3 is 2.10 bits per heavy atom. The molecule has 0 fully saturated rings. The lowest BCUT2D eigenvalue weighted by Crippen LogP contribution is -2.47. The molecule has 0 saturated carbocycles. The maximum absolute atomic E-state index is 13.5. The van der Waals surface area contributed by atoms with Crippen molar-refractivity contribution in [2.24, 2.45) is 5.73 Å². The van der Waals surface area contributed by atoms with E-state index in [9.17, 15) is 23.4 Å². The molecular formula is C21H25Cl3F3NO3. The van der Waals surface area contributed by atoms with Crippen molar-refractivity contribution in [3.05, 3.63) is 63.1 Å². The molecule has 0 heterocycles. The summed E-state index contributed by atoms with van der Waals surface area (Å²) >= 11 is 11.8. The molecule has 0 aliphatic heterocycles. The number of ether oxygens (including phenoxy) is 1. The molecule has 0 saturated heterocycles. The van der Waals surface area contributed by atoms with Gasteiger partial charge in [-0.25, -0.2) is 0 Å². The van der Waals surface area contributed by atoms with Gasteiger partial charge in [0.1, 0.15) is 5.75 Å². The van der Waals surface area contributed by atoms with Gasteiger partial charge in [-0.2, -0.15) is 13.2 Å². The Labute approximate surface area is 195 Å². The van der Waals surface area contributed by atoms with Crippen LogP contribution in [0.2, 0.25) is 10.0 Å². The van der Waals surface area contributed by atoms with Gasteiger partial charge in [0.15, 0.2) is 0 Å². The minimum atomic E-state index is -4.58. The van der Waals surface area contributed by atoms with Gasteiger partial charge in [-0.15, -0.1) is 12.4 Å². The van der Waals surface area contributed by atoms with Crippen molar-refractivity contribution < 1.29 is 28.1 Å². The molecule has 0 aliphatic rings. The van der Waals surface area contributed by atoms with Crippen LogP contribution in [0.25, 0.3) is 0 Å². The fraction of sp³-hybridized carbons (Fsp3) is 0.429. The van der Waals surface area contributed by atoms with E-state index in [-0.39, 0.29) is 37.6 Å². The van der Waals surface area contributed by atoms with E-state index in [1.54, 1.807) is 18.2 Å². The number of aliphatic hydroxyl groups excluding tert-OH is 2. The van der Waals surface area contributed by atoms with E-state index in [4.69, 9.17) is 33.7 Å². The third-order valence-corrected chi connectivity index (χ3v) is 5.48. The number of rotatable bonds is 10. The van der Waals surface area contributed by atoms with Crippen LogP contribution in [0.15, 0.2) is 36.4 Å². The highest BCUT2D eigenvalue weighted by Gasteiger charge is 2.35. The molecule has 0 aromatic heterocycles. The first-order valence-corrected chi connectivity index (χ1v) is 10.1. The van der Waals surface area contributed by atoms with E-state index >= 15 is 0 Å². The molecule has 31 heavy (non-hydrogen) atoms. The molecular weight excluding hydrogens is 478 g/mol. The minimum absolute atomic E-state index is 0. The first-order chi connectivity index (χ1) is 14.1. The van der Waals surface area contributed by atoms with Crippen molar-refractivity contribution >= 4 is 35.6 Å². The van der Waals surface area contributed by atoms with Crippen molar-refractivity contribution in [1.82, 2.24) is 0 Å². The second-order valence-corrected chi connectivity index (χ2v) is 8.02. The van der Waals surface area contributed by atoms with Crippen molar-refractivity contribution in [3.63, 3.8) is 0 Å². The van der Waals surface area contributed by atoms with Crippen LogP contribution >= 0.6 is 35.6 Å². The van der Waals surface area contributed by atoms with Crippen molar-refractivity contribution in [3.8, 4) is 5.75 Å². The van der Waals surface area contributed by atoms with Gasteiger partial charge in [0.05, 0.1) is 41.0 Å². The fourth-order valence-electron chi connectivity index (χ4n) is 2.83. The Morgan fingerprint density at radius 1 is 0.903 bits per heavy atom. The van der Waals surface area contributed by atoms with Crippen molar-refractivity contribution in [1.29, 1.82) is 0 Å². The van der Waals surface area contributed by atoms with Gasteiger partial charge in [-0.05, 0) is 61.1 Å². The van der Waals surface area contributed by atoms with Crippen LogP contribution in [0.4, 0.5) is 13.2 Å². The number of aliphatic hydroxyl groups is 2. The zero-order valence-corrected chi connectivity index (χ0v) is 18.9. The van der Waals surface area contributed by atoms with Crippen LogP contribution in [-0.2, 0) is 19.0 Å². The first-order valence-electron chi connectivity index (χ1n) is 9.35. The molecule has 4 N–H and O–H groups in total. The molecule has 0 aliphatic carbocycles. The molecule has 174 valence electrons. The lowest BCUT2D eigenvalue weighted by Gasteiger charge is -2.24. The first kappa shape index (κ1) is 27.8. The maximum Gasteiger partial charge on any atom is 0.419 e. The highest BCUT2D eigenvalue weighted by atomic mass is 35.5. The van der Waals surface area contributed by atoms with Gasteiger partial charge in [0.25, 0.3) is 0 Å². The maximum atomic E-state index is 13.5. The monoisotopic (exact) mass is 501 g/mol. The van der Waals surface area contributed by atoms with Crippen LogP contribution in [0, 0.1) is 0 Å². The molecule has 0 amide bonds. The average molecular weight is 503 g/mol. The van der Waals surface area contributed by atoms with Gasteiger partial charge in [0.2, 0.25) is 0 Å². The minimum Gasteiger partial charge on any atom is -0.493 e. The van der Waals surface area contributed by atoms with E-state index in [2.05, 4.69) is 0 Å². The highest BCUT2D eigenvalue weighted by molar-refractivity contribution is 6.42. The van der Waals surface area contributed by atoms with Crippen molar-refractivity contribution in [2.75, 3.05) is 19.8 Å². The van der Waals surface area contributed by atoms with Crippen LogP contribution in [0.1, 0.15) is 29.5 Å². The molecule has 0 atom stereocenters. The molecule has 10 heteroatoms. The van der Waals surface area contributed by atoms with E-state index in [1.165, 1.54) is 12.1 Å². The number of halogens is 6. The lowest BCUT2D eigenvalue weighted by atomic mass is 9.93. The summed E-state index contributed by atoms with van der Waals surface area (Å²) in [6.07, 6.45) is -3.18. The molecule has 0 spiro atoms. The van der Waals surface area contributed by atoms with E-state index < -0.39 is 30.5 Å². The molecule has 0 unspecified atom stereocenters. The summed E-state index contributed by atoms with van der Waals surface area (Å²) in [5, 5.41) is 19.3. The van der Waals surface area contributed by atoms with E-state index in [0.29, 0.717) is 28.5 Å². The smallest absolute Gasteiger partial charge is 0.419 e. The summed E-state index contributed by atoms with van der Waals surface area (Å²) in [4.78, 5) is 0. The molecule has 2 rings (SSSR count). The predicted molar refractivity (Wildman–Crippen MR) is 118 cm³/mol. The zero-order valence-electron chi connectivity index (χ0n) is 16.6. The molecule has 0 radical (unpaired) electrons.